The number of nitrogens with zero attached hydrogens (tertiary/aromatic N) is 1. The lowest BCUT2D eigenvalue weighted by atomic mass is 9.92. The van der Waals surface area contributed by atoms with E-state index in [1.807, 2.05) is 19.1 Å². The van der Waals surface area contributed by atoms with Crippen molar-refractivity contribution >= 4 is 17.7 Å². The number of aryl methyl sites for hydroxylation is 1. The third-order valence-corrected chi connectivity index (χ3v) is 5.32. The van der Waals surface area contributed by atoms with Crippen molar-refractivity contribution in [1.82, 2.24) is 10.3 Å². The van der Waals surface area contributed by atoms with E-state index in [-0.39, 0.29) is 18.1 Å². The summed E-state index contributed by atoms with van der Waals surface area (Å²) in [4.78, 5) is 17.1. The van der Waals surface area contributed by atoms with Gasteiger partial charge >= 0.3 is 0 Å². The average molecular weight is 392 g/mol. The van der Waals surface area contributed by atoms with Crippen molar-refractivity contribution in [1.29, 1.82) is 0 Å². The standard InChI is InChI=1S/C20H22F2N2O2S/c1-13-6-11-18(23-12-13)26-15-9-7-14(8-10-15)24-19(25)16-4-2-3-5-17(16)27-20(21)22/h2-6,11-12,14-15,20H,7-10H2,1H3,(H,24,25). The molecule has 0 aliphatic heterocycles. The zero-order chi connectivity index (χ0) is 19.2. The van der Waals surface area contributed by atoms with Crippen LogP contribution in [0.5, 0.6) is 5.88 Å². The summed E-state index contributed by atoms with van der Waals surface area (Å²) in [6.07, 6.45) is 5.05. The minimum absolute atomic E-state index is 0.0212. The number of carbonyl (C=O) groups is 1. The molecular formula is C20H22F2N2O2S. The second-order valence-electron chi connectivity index (χ2n) is 6.61. The van der Waals surface area contributed by atoms with Crippen molar-refractivity contribution in [3.8, 4) is 5.88 Å². The van der Waals surface area contributed by atoms with Crippen molar-refractivity contribution in [2.75, 3.05) is 0 Å². The lowest BCUT2D eigenvalue weighted by Crippen LogP contribution is -2.39. The average Bonchev–Trinajstić information content (AvgIpc) is 2.65. The van der Waals surface area contributed by atoms with Gasteiger partial charge in [0.25, 0.3) is 11.7 Å². The van der Waals surface area contributed by atoms with E-state index in [1.165, 1.54) is 0 Å². The molecule has 0 spiro atoms. The van der Waals surface area contributed by atoms with Gasteiger partial charge in [-0.2, -0.15) is 8.78 Å². The van der Waals surface area contributed by atoms with Crippen LogP contribution in [-0.2, 0) is 0 Å². The molecule has 1 saturated carbocycles. The molecule has 0 bridgehead atoms. The van der Waals surface area contributed by atoms with Crippen molar-refractivity contribution in [2.24, 2.45) is 0 Å². The minimum Gasteiger partial charge on any atom is -0.474 e. The molecule has 4 nitrogen and oxygen atoms in total. The molecule has 7 heteroatoms. The first kappa shape index (κ1) is 19.6. The normalized spacial score (nSPS) is 19.7. The molecule has 1 aliphatic carbocycles. The highest BCUT2D eigenvalue weighted by Crippen LogP contribution is 2.29. The Balaban J connectivity index is 1.52. The second kappa shape index (κ2) is 9.17. The van der Waals surface area contributed by atoms with Crippen LogP contribution < -0.4 is 10.1 Å². The van der Waals surface area contributed by atoms with Crippen LogP contribution in [0.3, 0.4) is 0 Å². The smallest absolute Gasteiger partial charge is 0.288 e. The monoisotopic (exact) mass is 392 g/mol. The summed E-state index contributed by atoms with van der Waals surface area (Å²) in [5.74, 6) is -2.24. The number of alkyl halides is 2. The van der Waals surface area contributed by atoms with Gasteiger partial charge in [-0.15, -0.1) is 0 Å². The summed E-state index contributed by atoms with van der Waals surface area (Å²) >= 11 is 0.397. The fraction of sp³-hybridized carbons (Fsp3) is 0.400. The Bertz CT molecular complexity index is 763. The number of nitrogens with one attached hydrogen (secondary N) is 1. The highest BCUT2D eigenvalue weighted by Gasteiger charge is 2.25. The predicted molar refractivity (Wildman–Crippen MR) is 101 cm³/mol. The highest BCUT2D eigenvalue weighted by atomic mass is 32.2. The van der Waals surface area contributed by atoms with Gasteiger partial charge in [0.15, 0.2) is 0 Å². The van der Waals surface area contributed by atoms with E-state index in [0.717, 1.165) is 31.2 Å². The van der Waals surface area contributed by atoms with Gasteiger partial charge in [-0.3, -0.25) is 4.79 Å². The summed E-state index contributed by atoms with van der Waals surface area (Å²) in [6.45, 7) is 1.97. The zero-order valence-electron chi connectivity index (χ0n) is 15.0. The first-order valence-corrected chi connectivity index (χ1v) is 9.83. The molecule has 0 unspecified atom stereocenters. The van der Waals surface area contributed by atoms with Crippen LogP contribution in [0.2, 0.25) is 0 Å². The molecule has 1 fully saturated rings. The van der Waals surface area contributed by atoms with E-state index >= 15 is 0 Å². The van der Waals surface area contributed by atoms with Crippen LogP contribution in [0.4, 0.5) is 8.78 Å². The van der Waals surface area contributed by atoms with E-state index in [9.17, 15) is 13.6 Å². The van der Waals surface area contributed by atoms with E-state index in [2.05, 4.69) is 10.3 Å². The third kappa shape index (κ3) is 5.66. The van der Waals surface area contributed by atoms with Crippen LogP contribution in [0.25, 0.3) is 0 Å². The lowest BCUT2D eigenvalue weighted by molar-refractivity contribution is 0.0887. The Kier molecular flexibility index (Phi) is 6.66. The SMILES string of the molecule is Cc1ccc(OC2CCC(NC(=O)c3ccccc3SC(F)F)CC2)nc1. The second-order valence-corrected chi connectivity index (χ2v) is 7.65. The van der Waals surface area contributed by atoms with Gasteiger partial charge in [0.1, 0.15) is 6.10 Å². The number of ether oxygens (including phenoxy) is 1. The topological polar surface area (TPSA) is 51.2 Å². The molecule has 1 amide bonds. The van der Waals surface area contributed by atoms with Gasteiger partial charge in [-0.05, 0) is 50.3 Å². The first-order chi connectivity index (χ1) is 13.0. The van der Waals surface area contributed by atoms with Crippen LogP contribution in [0.1, 0.15) is 41.6 Å². The van der Waals surface area contributed by atoms with Crippen molar-refractivity contribution in [3.63, 3.8) is 0 Å². The van der Waals surface area contributed by atoms with Crippen molar-refractivity contribution in [2.45, 2.75) is 55.4 Å². The predicted octanol–water partition coefficient (Wildman–Crippen LogP) is 4.82. The maximum Gasteiger partial charge on any atom is 0.288 e. The molecule has 0 atom stereocenters. The molecule has 1 aromatic heterocycles. The molecule has 0 radical (unpaired) electrons. The fourth-order valence-electron chi connectivity index (χ4n) is 3.14. The van der Waals surface area contributed by atoms with Crippen molar-refractivity contribution < 1.29 is 18.3 Å². The third-order valence-electron chi connectivity index (χ3n) is 4.53. The number of thioether (sulfide) groups is 1. The molecule has 0 saturated heterocycles. The van der Waals surface area contributed by atoms with Crippen LogP contribution >= 0.6 is 11.8 Å². The molecule has 1 aliphatic rings. The highest BCUT2D eigenvalue weighted by molar-refractivity contribution is 7.99. The summed E-state index contributed by atoms with van der Waals surface area (Å²) in [5, 5.41) is 2.97. The summed E-state index contributed by atoms with van der Waals surface area (Å²) < 4.78 is 31.3. The number of rotatable bonds is 6. The van der Waals surface area contributed by atoms with Gasteiger partial charge in [-0.25, -0.2) is 4.98 Å². The van der Waals surface area contributed by atoms with E-state index in [4.69, 9.17) is 4.74 Å². The molecular weight excluding hydrogens is 370 g/mol. The minimum atomic E-state index is -2.55. The molecule has 1 heterocycles. The quantitative estimate of drug-likeness (QED) is 0.716. The number of hydrogen-bond acceptors (Lipinski definition) is 4. The number of hydrogen-bond donors (Lipinski definition) is 1. The molecule has 2 aromatic rings. The lowest BCUT2D eigenvalue weighted by Gasteiger charge is -2.29. The first-order valence-electron chi connectivity index (χ1n) is 8.95. The van der Waals surface area contributed by atoms with Crippen LogP contribution in [-0.4, -0.2) is 28.8 Å². The van der Waals surface area contributed by atoms with E-state index in [0.29, 0.717) is 28.1 Å². The number of amides is 1. The number of aromatic nitrogens is 1. The molecule has 1 N–H and O–H groups in total. The molecule has 27 heavy (non-hydrogen) atoms. The Morgan fingerprint density at radius 3 is 2.59 bits per heavy atom. The summed E-state index contributed by atoms with van der Waals surface area (Å²) in [5.41, 5.74) is 1.38. The van der Waals surface area contributed by atoms with E-state index < -0.39 is 5.76 Å². The Morgan fingerprint density at radius 2 is 1.93 bits per heavy atom. The maximum atomic E-state index is 12.7. The number of carbonyl (C=O) groups excluding carboxylic acids is 1. The number of pyridine rings is 1. The molecule has 3 rings (SSSR count). The van der Waals surface area contributed by atoms with Gasteiger partial charge in [0.05, 0.1) is 5.56 Å². The maximum absolute atomic E-state index is 12.7. The van der Waals surface area contributed by atoms with Gasteiger partial charge < -0.3 is 10.1 Å². The van der Waals surface area contributed by atoms with E-state index in [1.54, 1.807) is 30.5 Å². The van der Waals surface area contributed by atoms with Gasteiger partial charge in [0, 0.05) is 23.2 Å². The van der Waals surface area contributed by atoms with Crippen LogP contribution in [0.15, 0.2) is 47.5 Å². The molecule has 144 valence electrons. The molecule has 1 aromatic carbocycles. The number of halogens is 2. The zero-order valence-corrected chi connectivity index (χ0v) is 15.8. The van der Waals surface area contributed by atoms with Gasteiger partial charge in [0.2, 0.25) is 5.88 Å². The Hall–Kier alpha value is -2.15. The van der Waals surface area contributed by atoms with Crippen LogP contribution in [0, 0.1) is 6.92 Å². The Morgan fingerprint density at radius 1 is 1.19 bits per heavy atom. The van der Waals surface area contributed by atoms with Gasteiger partial charge in [-0.1, -0.05) is 30.0 Å². The number of benzene rings is 1. The fourth-order valence-corrected chi connectivity index (χ4v) is 3.77. The Labute approximate surface area is 161 Å². The summed E-state index contributed by atoms with van der Waals surface area (Å²) in [7, 11) is 0. The largest absolute Gasteiger partial charge is 0.474 e. The van der Waals surface area contributed by atoms with Crippen molar-refractivity contribution in [3.05, 3.63) is 53.7 Å². The summed E-state index contributed by atoms with van der Waals surface area (Å²) in [6, 6.07) is 10.3.